The smallest absolute Gasteiger partial charge is 0.309 e. The summed E-state index contributed by atoms with van der Waals surface area (Å²) in [6.07, 6.45) is 11.4. The minimum absolute atomic E-state index is 0.0690. The van der Waals surface area contributed by atoms with Crippen LogP contribution in [0.3, 0.4) is 0 Å². The third kappa shape index (κ3) is 5.22. The molecule has 4 nitrogen and oxygen atoms in total. The predicted molar refractivity (Wildman–Crippen MR) is 193 cm³/mol. The molecule has 5 aliphatic rings. The van der Waals surface area contributed by atoms with Crippen molar-refractivity contribution >= 4 is 11.9 Å². The Morgan fingerprint density at radius 1 is 0.917 bits per heavy atom. The van der Waals surface area contributed by atoms with E-state index in [2.05, 4.69) is 91.2 Å². The van der Waals surface area contributed by atoms with Gasteiger partial charge >= 0.3 is 11.9 Å². The maximum atomic E-state index is 13.1. The Hall–Kier alpha value is -2.54. The zero-order valence-corrected chi connectivity index (χ0v) is 31.4. The van der Waals surface area contributed by atoms with E-state index in [1.807, 2.05) is 0 Å². The number of benzene rings is 1. The van der Waals surface area contributed by atoms with Crippen LogP contribution in [0.2, 0.25) is 0 Å². The van der Waals surface area contributed by atoms with Gasteiger partial charge in [-0.05, 0) is 149 Å². The lowest BCUT2D eigenvalue weighted by atomic mass is 9.32. The lowest BCUT2D eigenvalue weighted by Crippen LogP contribution is -2.66. The normalized spacial score (nSPS) is 41.4. The fourth-order valence-corrected chi connectivity index (χ4v) is 13.1. The fourth-order valence-electron chi connectivity index (χ4n) is 13.1. The standard InChI is InChI=1S/C44H62O4/c1-28(2)31-18-24-44(23-17-30-14-12-11-13-29(30)3)26-25-42(9)32(37(31)44)15-16-34-41(8)21-20-35(48-36(45)27-39(4,5)38(46)47)40(6,7)33(41)19-22-43(34,42)10/h11-14,31-35,37H,1,15-16,18-22,24-27H2,2-10H3,(H,46,47)/t31-,32?,33?,34?,35-,37?,41-,42+,43+,44+/m0/s1. The van der Waals surface area contributed by atoms with Gasteiger partial charge in [0.15, 0.2) is 0 Å². The van der Waals surface area contributed by atoms with Gasteiger partial charge in [-0.1, -0.05) is 76.8 Å². The first-order valence-electron chi connectivity index (χ1n) is 19.0. The molecule has 0 bridgehead atoms. The molecular weight excluding hydrogens is 592 g/mol. The molecule has 1 N–H and O–H groups in total. The molecule has 0 radical (unpaired) electrons. The Morgan fingerprint density at radius 3 is 2.29 bits per heavy atom. The van der Waals surface area contributed by atoms with Crippen LogP contribution in [0.5, 0.6) is 0 Å². The van der Waals surface area contributed by atoms with Crippen LogP contribution in [0.1, 0.15) is 137 Å². The number of ether oxygens (including phenoxy) is 1. The molecule has 0 aliphatic heterocycles. The van der Waals surface area contributed by atoms with Gasteiger partial charge in [-0.15, -0.1) is 0 Å². The second-order valence-electron chi connectivity index (χ2n) is 19.1. The van der Waals surface area contributed by atoms with E-state index in [1.54, 1.807) is 13.8 Å². The molecule has 0 heterocycles. The average molecular weight is 655 g/mol. The molecule has 48 heavy (non-hydrogen) atoms. The van der Waals surface area contributed by atoms with Crippen molar-refractivity contribution in [3.05, 3.63) is 47.5 Å². The summed E-state index contributed by atoms with van der Waals surface area (Å²) in [6.45, 7) is 24.8. The Balaban J connectivity index is 1.29. The maximum Gasteiger partial charge on any atom is 0.309 e. The van der Waals surface area contributed by atoms with Gasteiger partial charge in [0.05, 0.1) is 11.8 Å². The number of fused-ring (bicyclic) bond motifs is 7. The van der Waals surface area contributed by atoms with Gasteiger partial charge in [-0.2, -0.15) is 0 Å². The van der Waals surface area contributed by atoms with E-state index in [1.165, 1.54) is 61.6 Å². The molecule has 0 saturated heterocycles. The van der Waals surface area contributed by atoms with Crippen LogP contribution >= 0.6 is 0 Å². The van der Waals surface area contributed by atoms with E-state index < -0.39 is 11.4 Å². The van der Waals surface area contributed by atoms with Crippen molar-refractivity contribution < 1.29 is 19.4 Å². The number of carbonyl (C=O) groups excluding carboxylic acids is 1. The van der Waals surface area contributed by atoms with Gasteiger partial charge in [0.1, 0.15) is 6.10 Å². The summed E-state index contributed by atoms with van der Waals surface area (Å²) in [4.78, 5) is 24.8. The second kappa shape index (κ2) is 11.8. The lowest BCUT2D eigenvalue weighted by Gasteiger charge is -2.72. The van der Waals surface area contributed by atoms with Crippen LogP contribution in [-0.2, 0) is 14.3 Å². The Morgan fingerprint density at radius 2 is 1.62 bits per heavy atom. The van der Waals surface area contributed by atoms with Gasteiger partial charge in [0.2, 0.25) is 0 Å². The summed E-state index contributed by atoms with van der Waals surface area (Å²) in [5.41, 5.74) is 3.23. The molecule has 0 amide bonds. The van der Waals surface area contributed by atoms with Crippen LogP contribution in [0.25, 0.3) is 0 Å². The Bertz CT molecular complexity index is 1540. The minimum Gasteiger partial charge on any atom is -0.481 e. The number of aliphatic carboxylic acids is 1. The van der Waals surface area contributed by atoms with Crippen molar-refractivity contribution in [1.82, 2.24) is 0 Å². The first-order valence-corrected chi connectivity index (χ1v) is 19.0. The summed E-state index contributed by atoms with van der Waals surface area (Å²) in [7, 11) is 0. The first kappa shape index (κ1) is 35.3. The minimum atomic E-state index is -1.13. The number of aryl methyl sites for hydroxylation is 1. The molecule has 6 rings (SSSR count). The number of hydrogen-bond donors (Lipinski definition) is 1. The zero-order valence-electron chi connectivity index (χ0n) is 31.4. The van der Waals surface area contributed by atoms with Crippen molar-refractivity contribution in [3.63, 3.8) is 0 Å². The van der Waals surface area contributed by atoms with Crippen molar-refractivity contribution in [2.24, 2.45) is 62.1 Å². The molecule has 4 heteroatoms. The van der Waals surface area contributed by atoms with Gasteiger partial charge in [-0.25, -0.2) is 0 Å². The number of rotatable bonds is 5. The molecule has 5 fully saturated rings. The van der Waals surface area contributed by atoms with Crippen LogP contribution in [-0.4, -0.2) is 23.1 Å². The van der Waals surface area contributed by atoms with E-state index in [0.29, 0.717) is 29.6 Å². The largest absolute Gasteiger partial charge is 0.481 e. The Labute approximate surface area is 291 Å². The molecule has 0 aromatic heterocycles. The average Bonchev–Trinajstić information content (AvgIpc) is 3.38. The van der Waals surface area contributed by atoms with E-state index in [4.69, 9.17) is 4.74 Å². The fraction of sp³-hybridized carbons (Fsp3) is 0.727. The summed E-state index contributed by atoms with van der Waals surface area (Å²) < 4.78 is 6.19. The number of allylic oxidation sites excluding steroid dienone is 1. The lowest BCUT2D eigenvalue weighted by molar-refractivity contribution is -0.247. The molecule has 0 spiro atoms. The predicted octanol–water partition coefficient (Wildman–Crippen LogP) is 10.4. The second-order valence-corrected chi connectivity index (χ2v) is 19.1. The number of carboxylic acid groups (broad SMARTS) is 1. The molecule has 1 aromatic carbocycles. The van der Waals surface area contributed by atoms with Crippen LogP contribution in [0.15, 0.2) is 36.4 Å². The quantitative estimate of drug-likeness (QED) is 0.195. The topological polar surface area (TPSA) is 63.6 Å². The molecule has 4 unspecified atom stereocenters. The number of carboxylic acids is 1. The van der Waals surface area contributed by atoms with Crippen molar-refractivity contribution in [2.45, 2.75) is 139 Å². The monoisotopic (exact) mass is 654 g/mol. The molecule has 10 atom stereocenters. The van der Waals surface area contributed by atoms with Gasteiger partial charge in [0, 0.05) is 16.4 Å². The first-order chi connectivity index (χ1) is 22.3. The maximum absolute atomic E-state index is 13.1. The third-order valence-electron chi connectivity index (χ3n) is 16.0. The van der Waals surface area contributed by atoms with Crippen LogP contribution < -0.4 is 0 Å². The van der Waals surface area contributed by atoms with E-state index in [-0.39, 0.29) is 45.6 Å². The number of esters is 1. The van der Waals surface area contributed by atoms with Crippen molar-refractivity contribution in [3.8, 4) is 11.8 Å². The van der Waals surface area contributed by atoms with Gasteiger partial charge < -0.3 is 9.84 Å². The highest BCUT2D eigenvalue weighted by Crippen LogP contribution is 2.77. The summed E-state index contributed by atoms with van der Waals surface area (Å²) in [5, 5.41) is 9.60. The highest BCUT2D eigenvalue weighted by atomic mass is 16.5. The number of carbonyl (C=O) groups is 2. The molecule has 1 aromatic rings. The zero-order chi connectivity index (χ0) is 35.1. The Kier molecular flexibility index (Phi) is 8.66. The number of hydrogen-bond acceptors (Lipinski definition) is 3. The highest BCUT2D eigenvalue weighted by molar-refractivity contribution is 5.81. The van der Waals surface area contributed by atoms with Crippen LogP contribution in [0.4, 0.5) is 0 Å². The molecule has 5 aliphatic carbocycles. The third-order valence-corrected chi connectivity index (χ3v) is 16.0. The van der Waals surface area contributed by atoms with Gasteiger partial charge in [0.25, 0.3) is 0 Å². The summed E-state index contributed by atoms with van der Waals surface area (Å²) in [5.74, 6) is 9.23. The highest BCUT2D eigenvalue weighted by Gasteiger charge is 2.71. The summed E-state index contributed by atoms with van der Waals surface area (Å²) in [6, 6.07) is 8.59. The van der Waals surface area contributed by atoms with Crippen molar-refractivity contribution in [2.75, 3.05) is 0 Å². The van der Waals surface area contributed by atoms with Crippen molar-refractivity contribution in [1.29, 1.82) is 0 Å². The summed E-state index contributed by atoms with van der Waals surface area (Å²) >= 11 is 0. The van der Waals surface area contributed by atoms with Crippen LogP contribution in [0, 0.1) is 80.8 Å². The molecule has 262 valence electrons. The van der Waals surface area contributed by atoms with Gasteiger partial charge in [-0.3, -0.25) is 9.59 Å². The SMILES string of the molecule is C=C(C)[C@@H]1CC[C@]2(C#Cc3ccccc3C)CC[C@]3(C)C(CCC4[C@@]5(C)CC[C@H](OC(=O)CC(C)(C)C(=O)O)C(C)(C)C5CC[C@]43C)C12. The molecular formula is C44H62O4. The van der Waals surface area contributed by atoms with E-state index >= 15 is 0 Å². The van der Waals surface area contributed by atoms with E-state index in [9.17, 15) is 14.7 Å². The van der Waals surface area contributed by atoms with E-state index in [0.717, 1.165) is 19.3 Å². The molecule has 5 saturated carbocycles.